The molecule has 15 heavy (non-hydrogen) atoms. The van der Waals surface area contributed by atoms with Crippen LogP contribution in [0.3, 0.4) is 0 Å². The number of hydrogen-bond acceptors (Lipinski definition) is 2. The molecule has 84 valence electrons. The summed E-state index contributed by atoms with van der Waals surface area (Å²) in [6.45, 7) is 0.00294. The molecule has 0 radical (unpaired) electrons. The molecule has 0 saturated heterocycles. The minimum Gasteiger partial charge on any atom is -0.396 e. The van der Waals surface area contributed by atoms with Gasteiger partial charge in [-0.3, -0.25) is 0 Å². The summed E-state index contributed by atoms with van der Waals surface area (Å²) < 4.78 is 25.7. The second-order valence-corrected chi connectivity index (χ2v) is 3.46. The summed E-state index contributed by atoms with van der Waals surface area (Å²) in [6, 6.07) is 3.29. The first-order valence-electron chi connectivity index (χ1n) is 4.86. The van der Waals surface area contributed by atoms with Crippen molar-refractivity contribution in [3.05, 3.63) is 35.4 Å². The molecular weight excluding hydrogens is 202 g/mol. The highest BCUT2D eigenvalue weighted by Crippen LogP contribution is 2.13. The normalized spacial score (nSPS) is 12.8. The van der Waals surface area contributed by atoms with Gasteiger partial charge >= 0.3 is 0 Å². The zero-order valence-corrected chi connectivity index (χ0v) is 8.29. The zero-order chi connectivity index (χ0) is 11.3. The summed E-state index contributed by atoms with van der Waals surface area (Å²) in [7, 11) is 0. The van der Waals surface area contributed by atoms with E-state index in [1.807, 2.05) is 0 Å². The highest BCUT2D eigenvalue weighted by molar-refractivity contribution is 5.19. The Morgan fingerprint density at radius 3 is 2.60 bits per heavy atom. The van der Waals surface area contributed by atoms with Gasteiger partial charge in [-0.25, -0.2) is 8.78 Å². The van der Waals surface area contributed by atoms with Crippen molar-refractivity contribution in [2.75, 3.05) is 6.61 Å². The van der Waals surface area contributed by atoms with E-state index in [1.54, 1.807) is 0 Å². The van der Waals surface area contributed by atoms with Gasteiger partial charge in [0.05, 0.1) is 6.10 Å². The van der Waals surface area contributed by atoms with Crippen LogP contribution in [0, 0.1) is 11.6 Å². The van der Waals surface area contributed by atoms with E-state index in [4.69, 9.17) is 5.11 Å². The predicted octanol–water partition coefficient (Wildman–Crippen LogP) is 1.64. The second kappa shape index (κ2) is 5.78. The van der Waals surface area contributed by atoms with Gasteiger partial charge in [-0.05, 0) is 24.5 Å². The lowest BCUT2D eigenvalue weighted by Gasteiger charge is -2.10. The Hall–Kier alpha value is -1.00. The van der Waals surface area contributed by atoms with Crippen LogP contribution in [-0.2, 0) is 6.42 Å². The smallest absolute Gasteiger partial charge is 0.129 e. The lowest BCUT2D eigenvalue weighted by atomic mass is 10.0. The second-order valence-electron chi connectivity index (χ2n) is 3.46. The van der Waals surface area contributed by atoms with Crippen molar-refractivity contribution in [1.82, 2.24) is 0 Å². The molecule has 0 heterocycles. The Bertz CT molecular complexity index is 315. The third kappa shape index (κ3) is 3.93. The average Bonchev–Trinajstić information content (AvgIpc) is 2.19. The fourth-order valence-corrected chi connectivity index (χ4v) is 1.37. The van der Waals surface area contributed by atoms with Crippen molar-refractivity contribution in [3.63, 3.8) is 0 Å². The van der Waals surface area contributed by atoms with Gasteiger partial charge in [0.15, 0.2) is 0 Å². The Balaban J connectivity index is 2.56. The minimum atomic E-state index is -0.697. The molecule has 1 aromatic rings. The summed E-state index contributed by atoms with van der Waals surface area (Å²) in [5, 5.41) is 18.0. The van der Waals surface area contributed by atoms with Crippen molar-refractivity contribution in [3.8, 4) is 0 Å². The lowest BCUT2D eigenvalue weighted by molar-refractivity contribution is 0.149. The highest BCUT2D eigenvalue weighted by atomic mass is 19.1. The van der Waals surface area contributed by atoms with E-state index in [2.05, 4.69) is 0 Å². The van der Waals surface area contributed by atoms with E-state index in [9.17, 15) is 13.9 Å². The molecule has 1 atom stereocenters. The van der Waals surface area contributed by atoms with Crippen LogP contribution in [0.4, 0.5) is 8.78 Å². The first-order valence-corrected chi connectivity index (χ1v) is 4.86. The number of rotatable bonds is 5. The van der Waals surface area contributed by atoms with Gasteiger partial charge in [0, 0.05) is 19.1 Å². The van der Waals surface area contributed by atoms with Crippen molar-refractivity contribution in [2.45, 2.75) is 25.4 Å². The van der Waals surface area contributed by atoms with Gasteiger partial charge < -0.3 is 10.2 Å². The van der Waals surface area contributed by atoms with Crippen LogP contribution in [-0.4, -0.2) is 22.9 Å². The summed E-state index contributed by atoms with van der Waals surface area (Å²) in [6.07, 6.45) is 0.334. The molecular formula is C11H14F2O2. The van der Waals surface area contributed by atoms with Gasteiger partial charge in [0.25, 0.3) is 0 Å². The van der Waals surface area contributed by atoms with Gasteiger partial charge in [-0.15, -0.1) is 0 Å². The number of halogens is 2. The average molecular weight is 216 g/mol. The maximum Gasteiger partial charge on any atom is 0.129 e. The van der Waals surface area contributed by atoms with Gasteiger partial charge in [0.1, 0.15) is 11.6 Å². The summed E-state index contributed by atoms with van der Waals surface area (Å²) in [4.78, 5) is 0. The monoisotopic (exact) mass is 216 g/mol. The lowest BCUT2D eigenvalue weighted by Crippen LogP contribution is -2.12. The molecule has 2 nitrogen and oxygen atoms in total. The standard InChI is InChI=1S/C11H14F2O2/c12-9-4-3-8(11(13)7-9)6-10(15)2-1-5-14/h3-4,7,10,14-15H,1-2,5-6H2. The van der Waals surface area contributed by atoms with Crippen molar-refractivity contribution >= 4 is 0 Å². The molecule has 4 heteroatoms. The molecule has 0 saturated carbocycles. The molecule has 0 amide bonds. The van der Waals surface area contributed by atoms with E-state index < -0.39 is 17.7 Å². The fraction of sp³-hybridized carbons (Fsp3) is 0.455. The van der Waals surface area contributed by atoms with Crippen LogP contribution in [0.25, 0.3) is 0 Å². The fourth-order valence-electron chi connectivity index (χ4n) is 1.37. The zero-order valence-electron chi connectivity index (χ0n) is 8.29. The van der Waals surface area contributed by atoms with E-state index in [0.29, 0.717) is 18.4 Å². The van der Waals surface area contributed by atoms with Gasteiger partial charge in [0.2, 0.25) is 0 Å². The first kappa shape index (κ1) is 12.1. The van der Waals surface area contributed by atoms with E-state index in [0.717, 1.165) is 12.1 Å². The number of aliphatic hydroxyl groups is 2. The van der Waals surface area contributed by atoms with Crippen LogP contribution >= 0.6 is 0 Å². The van der Waals surface area contributed by atoms with Gasteiger partial charge in [-0.2, -0.15) is 0 Å². The van der Waals surface area contributed by atoms with E-state index in [1.165, 1.54) is 6.07 Å². The van der Waals surface area contributed by atoms with Crippen molar-refractivity contribution in [1.29, 1.82) is 0 Å². The van der Waals surface area contributed by atoms with E-state index >= 15 is 0 Å². The molecule has 0 fully saturated rings. The molecule has 0 aliphatic rings. The Morgan fingerprint density at radius 1 is 1.27 bits per heavy atom. The molecule has 0 aromatic heterocycles. The maximum absolute atomic E-state index is 13.1. The molecule has 1 aromatic carbocycles. The topological polar surface area (TPSA) is 40.5 Å². The summed E-state index contributed by atoms with van der Waals surface area (Å²) in [5.74, 6) is -1.26. The third-order valence-electron chi connectivity index (χ3n) is 2.17. The SMILES string of the molecule is OCCCC(O)Cc1ccc(F)cc1F. The maximum atomic E-state index is 13.1. The number of hydrogen-bond donors (Lipinski definition) is 2. The van der Waals surface area contributed by atoms with Crippen LogP contribution in [0.5, 0.6) is 0 Å². The quantitative estimate of drug-likeness (QED) is 0.785. The van der Waals surface area contributed by atoms with Crippen LogP contribution in [0.2, 0.25) is 0 Å². The minimum absolute atomic E-state index is 0.00294. The summed E-state index contributed by atoms with van der Waals surface area (Å²) in [5.41, 5.74) is 0.293. The molecule has 1 unspecified atom stereocenters. The largest absolute Gasteiger partial charge is 0.396 e. The predicted molar refractivity (Wildman–Crippen MR) is 52.4 cm³/mol. The third-order valence-corrected chi connectivity index (χ3v) is 2.17. The Kier molecular flexibility index (Phi) is 4.65. The Morgan fingerprint density at radius 2 is 2.00 bits per heavy atom. The Labute approximate surface area is 87.2 Å². The molecule has 0 aliphatic heterocycles. The number of benzene rings is 1. The molecule has 1 rings (SSSR count). The molecule has 2 N–H and O–H groups in total. The van der Waals surface area contributed by atoms with Crippen LogP contribution in [0.15, 0.2) is 18.2 Å². The molecule has 0 spiro atoms. The van der Waals surface area contributed by atoms with E-state index in [-0.39, 0.29) is 13.0 Å². The van der Waals surface area contributed by atoms with Crippen molar-refractivity contribution in [2.24, 2.45) is 0 Å². The van der Waals surface area contributed by atoms with Crippen LogP contribution in [0.1, 0.15) is 18.4 Å². The summed E-state index contributed by atoms with van der Waals surface area (Å²) >= 11 is 0. The highest BCUT2D eigenvalue weighted by Gasteiger charge is 2.09. The van der Waals surface area contributed by atoms with Gasteiger partial charge in [-0.1, -0.05) is 6.07 Å². The molecule has 0 aliphatic carbocycles. The number of aliphatic hydroxyl groups excluding tert-OH is 2. The first-order chi connectivity index (χ1) is 7.13. The van der Waals surface area contributed by atoms with Crippen molar-refractivity contribution < 1.29 is 19.0 Å². The van der Waals surface area contributed by atoms with Crippen LogP contribution < -0.4 is 0 Å². The molecule has 0 bridgehead atoms.